The highest BCUT2D eigenvalue weighted by atomic mass is 19.4. The van der Waals surface area contributed by atoms with Crippen molar-refractivity contribution in [3.63, 3.8) is 0 Å². The van der Waals surface area contributed by atoms with Crippen molar-refractivity contribution in [2.75, 3.05) is 102 Å². The molecule has 0 amide bonds. The van der Waals surface area contributed by atoms with Crippen LogP contribution in [0.4, 0.5) is 127 Å². The predicted octanol–water partition coefficient (Wildman–Crippen LogP) is 19.1. The molecular formula is C45H71F29O3. The van der Waals surface area contributed by atoms with E-state index in [1.165, 1.54) is 18.2 Å². The summed E-state index contributed by atoms with van der Waals surface area (Å²) in [5.74, 6) is -16.7. The van der Waals surface area contributed by atoms with Gasteiger partial charge in [0.15, 0.2) is 33.4 Å². The number of halogens is 29. The maximum atomic E-state index is 12.3. The smallest absolute Gasteiger partial charge is 0.371 e. The topological polar surface area (TPSA) is 27.7 Å². The molecule has 1 unspecified atom stereocenters. The van der Waals surface area contributed by atoms with Gasteiger partial charge in [0.05, 0.1) is 55.7 Å². The second-order valence-electron chi connectivity index (χ2n) is 10.2. The van der Waals surface area contributed by atoms with Gasteiger partial charge in [-0.1, -0.05) is 44.5 Å². The molecule has 0 spiro atoms. The van der Waals surface area contributed by atoms with Crippen LogP contribution in [0.5, 0.6) is 0 Å². The van der Waals surface area contributed by atoms with Crippen molar-refractivity contribution in [1.29, 1.82) is 0 Å². The third-order valence-electron chi connectivity index (χ3n) is 4.60. The maximum absolute atomic E-state index is 12.3. The standard InChI is InChI=1S/C7H11F3O.2C6H9F3O.C4H2F6.2C4H5F3.C3H3F3.3C2H4.5CH3F/c1-3-4-11-6(2)7(9,10)5-8;2*1-2-3-10-5-6(8,9)4-7;1-2(3(5,6)7)4(8,9)10;2*1-2-4(6,7)3-5;1-2-3(4,5)6;8*1-2/h3,6H,1,4-5H2,2H3;2*2H,1,3-5H2;1H2;2*2H,1,3H2;2H,1H2;3*1-2H2;5*1H3. The first kappa shape index (κ1) is 112. The second kappa shape index (κ2) is 75.5. The number of alkyl halides is 29. The third-order valence-corrected chi connectivity index (χ3v) is 4.60. The van der Waals surface area contributed by atoms with Crippen molar-refractivity contribution in [2.45, 2.75) is 61.2 Å². The van der Waals surface area contributed by atoms with Crippen LogP contribution < -0.4 is 0 Å². The summed E-state index contributed by atoms with van der Waals surface area (Å²) in [6.07, 6.45) is -11.8. The van der Waals surface area contributed by atoms with Crippen LogP contribution in [0.15, 0.2) is 128 Å². The van der Waals surface area contributed by atoms with Crippen LogP contribution in [-0.2, 0) is 14.2 Å². The van der Waals surface area contributed by atoms with Crippen LogP contribution in [0.25, 0.3) is 0 Å². The van der Waals surface area contributed by atoms with E-state index in [-0.39, 0.29) is 38.0 Å². The highest BCUT2D eigenvalue weighted by Gasteiger charge is 2.49. The lowest BCUT2D eigenvalue weighted by atomic mass is 10.2. The highest BCUT2D eigenvalue weighted by molar-refractivity contribution is 5.09. The Bertz CT molecular complexity index is 1140. The molecule has 0 heterocycles. The van der Waals surface area contributed by atoms with Crippen molar-refractivity contribution in [1.82, 2.24) is 0 Å². The van der Waals surface area contributed by atoms with Gasteiger partial charge >= 0.3 is 24.5 Å². The number of ether oxygens (including phenoxy) is 3. The molecule has 0 aliphatic heterocycles. The first-order valence-electron chi connectivity index (χ1n) is 18.7. The molecule has 0 aromatic heterocycles. The summed E-state index contributed by atoms with van der Waals surface area (Å²) < 4.78 is 334. The first-order valence-corrected chi connectivity index (χ1v) is 18.7. The Hall–Kier alpha value is -4.75. The minimum absolute atomic E-state index is 0.0107. The molecule has 0 saturated carbocycles. The predicted molar refractivity (Wildman–Crippen MR) is 249 cm³/mol. The Labute approximate surface area is 432 Å². The normalized spacial score (nSPS) is 10.3. The molecule has 472 valence electrons. The van der Waals surface area contributed by atoms with E-state index >= 15 is 0 Å². The molecule has 0 fully saturated rings. The molecule has 0 saturated heterocycles. The van der Waals surface area contributed by atoms with Gasteiger partial charge in [-0.05, 0) is 19.1 Å². The lowest BCUT2D eigenvalue weighted by molar-refractivity contribution is -0.171. The Balaban J connectivity index is -0.0000000431. The molecule has 0 aliphatic carbocycles. The molecular weight excluding hydrogens is 1140 g/mol. The summed E-state index contributed by atoms with van der Waals surface area (Å²) in [4.78, 5) is 0. The second-order valence-corrected chi connectivity index (χ2v) is 10.2. The van der Waals surface area contributed by atoms with Crippen molar-refractivity contribution >= 4 is 0 Å². The number of rotatable bonds is 19. The Morgan fingerprint density at radius 2 is 0.610 bits per heavy atom. The highest BCUT2D eigenvalue weighted by Crippen LogP contribution is 2.36. The van der Waals surface area contributed by atoms with E-state index in [4.69, 9.17) is 0 Å². The van der Waals surface area contributed by atoms with E-state index in [2.05, 4.69) is 93.2 Å². The average Bonchev–Trinajstić information content (AvgIpc) is 3.42. The largest absolute Gasteiger partial charge is 0.420 e. The third kappa shape index (κ3) is 120. The first-order chi connectivity index (χ1) is 35.2. The fourth-order valence-corrected chi connectivity index (χ4v) is 1.37. The fraction of sp³-hybridized carbons (Fsp3) is 0.556. The summed E-state index contributed by atoms with van der Waals surface area (Å²) in [5, 5.41) is 0. The van der Waals surface area contributed by atoms with E-state index < -0.39 is 106 Å². The molecule has 0 bridgehead atoms. The van der Waals surface area contributed by atoms with Gasteiger partial charge in [-0.15, -0.1) is 59.2 Å². The van der Waals surface area contributed by atoms with Gasteiger partial charge in [-0.3, -0.25) is 22.0 Å². The summed E-state index contributed by atoms with van der Waals surface area (Å²) in [7, 11) is 2.50. The zero-order chi connectivity index (χ0) is 66.6. The van der Waals surface area contributed by atoms with Gasteiger partial charge in [0.25, 0.3) is 23.7 Å². The van der Waals surface area contributed by atoms with Crippen molar-refractivity contribution in [3.8, 4) is 0 Å². The zero-order valence-electron chi connectivity index (χ0n) is 43.0. The van der Waals surface area contributed by atoms with Gasteiger partial charge in [-0.25, -0.2) is 48.3 Å². The van der Waals surface area contributed by atoms with E-state index in [1.807, 2.05) is 6.58 Å². The van der Waals surface area contributed by atoms with Crippen LogP contribution in [0, 0.1) is 0 Å². The molecule has 3 nitrogen and oxygen atoms in total. The van der Waals surface area contributed by atoms with E-state index in [1.54, 1.807) is 0 Å². The fourth-order valence-electron chi connectivity index (χ4n) is 1.37. The number of hydrogen-bond donors (Lipinski definition) is 0. The maximum Gasteiger partial charge on any atom is 0.420 e. The SMILES string of the molecule is C=C.C=C.C=C.C=C(C(F)(F)F)C(F)(F)F.C=CC(F)(F)CF.C=CC(F)(F)CF.C=CC(F)(F)F.C=CCOC(C)C(F)(F)CF.C=CCOCC(F)(F)CF.C=CCOCC(F)(F)CF.CF.CF.CF.CF.CF. The van der Waals surface area contributed by atoms with Crippen LogP contribution >= 0.6 is 0 Å². The molecule has 77 heavy (non-hydrogen) atoms. The van der Waals surface area contributed by atoms with Gasteiger partial charge in [0.2, 0.25) is 0 Å². The Kier molecular flexibility index (Phi) is 110. The van der Waals surface area contributed by atoms with Gasteiger partial charge in [0.1, 0.15) is 24.9 Å². The number of hydrogen-bond acceptors (Lipinski definition) is 3. The lowest BCUT2D eigenvalue weighted by Crippen LogP contribution is -2.35. The van der Waals surface area contributed by atoms with Crippen LogP contribution in [-0.4, -0.2) is 157 Å². The molecule has 0 rings (SSSR count). The number of allylic oxidation sites excluding steroid dienone is 4. The van der Waals surface area contributed by atoms with E-state index in [9.17, 15) is 127 Å². The quantitative estimate of drug-likeness (QED) is 0.0733. The Morgan fingerprint density at radius 3 is 0.714 bits per heavy atom. The summed E-state index contributed by atoms with van der Waals surface area (Å²) in [5.41, 5.74) is -2.68. The van der Waals surface area contributed by atoms with Crippen LogP contribution in [0.2, 0.25) is 0 Å². The molecule has 0 radical (unpaired) electrons. The van der Waals surface area contributed by atoms with Crippen LogP contribution in [0.3, 0.4) is 0 Å². The van der Waals surface area contributed by atoms with Gasteiger partial charge < -0.3 is 14.2 Å². The molecule has 0 aromatic carbocycles. The van der Waals surface area contributed by atoms with E-state index in [0.29, 0.717) is 35.9 Å². The summed E-state index contributed by atoms with van der Waals surface area (Å²) in [6.45, 7) is 28.6. The minimum Gasteiger partial charge on any atom is -0.371 e. The summed E-state index contributed by atoms with van der Waals surface area (Å²) in [6, 6.07) is 0. The molecule has 32 heteroatoms. The van der Waals surface area contributed by atoms with Gasteiger partial charge in [-0.2, -0.15) is 57.1 Å². The van der Waals surface area contributed by atoms with Crippen molar-refractivity contribution in [2.24, 2.45) is 0 Å². The molecule has 1 atom stereocenters. The average molecular weight is 1210 g/mol. The van der Waals surface area contributed by atoms with Crippen LogP contribution in [0.1, 0.15) is 6.92 Å². The monoisotopic (exact) mass is 1210 g/mol. The molecule has 0 aliphatic rings. The van der Waals surface area contributed by atoms with Crippen molar-refractivity contribution < 1.29 is 142 Å². The molecule has 0 aromatic rings. The lowest BCUT2D eigenvalue weighted by Gasteiger charge is -2.19. The van der Waals surface area contributed by atoms with Gasteiger partial charge in [0, 0.05) is 6.08 Å². The van der Waals surface area contributed by atoms with Crippen molar-refractivity contribution in [3.05, 3.63) is 128 Å². The zero-order valence-corrected chi connectivity index (χ0v) is 43.0. The summed E-state index contributed by atoms with van der Waals surface area (Å²) >= 11 is 0. The Morgan fingerprint density at radius 1 is 0.390 bits per heavy atom. The minimum atomic E-state index is -5.38. The molecule has 0 N–H and O–H groups in total. The van der Waals surface area contributed by atoms with E-state index in [0.717, 1.165) is 6.92 Å².